The van der Waals surface area contributed by atoms with Gasteiger partial charge in [0.05, 0.1) is 5.52 Å². The Morgan fingerprint density at radius 1 is 1.10 bits per heavy atom. The zero-order valence-corrected chi connectivity index (χ0v) is 17.0. The summed E-state index contributed by atoms with van der Waals surface area (Å²) in [5, 5.41) is 2.88. The highest BCUT2D eigenvalue weighted by atomic mass is 19.1. The van der Waals surface area contributed by atoms with Crippen LogP contribution in [0.2, 0.25) is 0 Å². The van der Waals surface area contributed by atoms with Gasteiger partial charge in [-0.05, 0) is 50.0 Å². The molecule has 154 valence electrons. The molecule has 4 rings (SSSR count). The van der Waals surface area contributed by atoms with Crippen molar-refractivity contribution in [3.63, 3.8) is 0 Å². The number of imidazole rings is 1. The molecule has 30 heavy (non-hydrogen) atoms. The topological polar surface area (TPSA) is 54.6 Å². The van der Waals surface area contributed by atoms with Crippen LogP contribution >= 0.6 is 0 Å². The number of fused-ring (bicyclic) bond motifs is 1. The van der Waals surface area contributed by atoms with Crippen LogP contribution < -0.4 is 5.32 Å². The minimum Gasteiger partial charge on any atom is -0.352 e. The molecule has 4 aromatic rings. The molecule has 0 bridgehead atoms. The first-order valence-corrected chi connectivity index (χ1v) is 9.82. The molecule has 7 heteroatoms. The second kappa shape index (κ2) is 8.51. The predicted molar refractivity (Wildman–Crippen MR) is 115 cm³/mol. The smallest absolute Gasteiger partial charge is 0.272 e. The third-order valence-electron chi connectivity index (χ3n) is 4.94. The lowest BCUT2D eigenvalue weighted by Crippen LogP contribution is -2.23. The van der Waals surface area contributed by atoms with E-state index in [0.717, 1.165) is 35.6 Å². The van der Waals surface area contributed by atoms with Gasteiger partial charge in [-0.2, -0.15) is 0 Å². The maximum Gasteiger partial charge on any atom is 0.272 e. The van der Waals surface area contributed by atoms with Gasteiger partial charge in [-0.25, -0.2) is 9.37 Å². The highest BCUT2D eigenvalue weighted by Gasteiger charge is 2.18. The van der Waals surface area contributed by atoms with Crippen molar-refractivity contribution in [2.24, 2.45) is 0 Å². The Kier molecular flexibility index (Phi) is 5.63. The summed E-state index contributed by atoms with van der Waals surface area (Å²) >= 11 is 0. The van der Waals surface area contributed by atoms with Crippen LogP contribution in [0.15, 0.2) is 67.1 Å². The van der Waals surface area contributed by atoms with E-state index in [1.165, 1.54) is 12.1 Å². The van der Waals surface area contributed by atoms with E-state index >= 15 is 0 Å². The molecule has 0 spiro atoms. The zero-order valence-electron chi connectivity index (χ0n) is 17.0. The van der Waals surface area contributed by atoms with Crippen molar-refractivity contribution >= 4 is 11.4 Å². The summed E-state index contributed by atoms with van der Waals surface area (Å²) in [5.74, 6) is 0.162. The van der Waals surface area contributed by atoms with Gasteiger partial charge in [-0.1, -0.05) is 18.2 Å². The summed E-state index contributed by atoms with van der Waals surface area (Å²) in [7, 11) is 4.09. The van der Waals surface area contributed by atoms with Crippen molar-refractivity contribution in [3.05, 3.63) is 84.2 Å². The van der Waals surface area contributed by atoms with Gasteiger partial charge in [0.1, 0.15) is 11.6 Å². The molecule has 3 heterocycles. The number of likely N-dealkylation sites (N-methyl/N-ethyl adjacent to an activating group) is 1. The number of nitrogens with one attached hydrogen (secondary N) is 1. The molecule has 1 N–H and O–H groups in total. The predicted octanol–water partition coefficient (Wildman–Crippen LogP) is 3.43. The molecule has 1 amide bonds. The fraction of sp³-hybridized carbons (Fsp3) is 0.217. The normalized spacial score (nSPS) is 11.3. The number of hydrogen-bond acceptors (Lipinski definition) is 3. The van der Waals surface area contributed by atoms with Crippen LogP contribution in [-0.4, -0.2) is 45.4 Å². The SMILES string of the molecule is CN(C)CCn1ccc(-c2nc(C(=O)NCc3ccc(F)cc3)c3ccccn23)c1. The quantitative estimate of drug-likeness (QED) is 0.513. The summed E-state index contributed by atoms with van der Waals surface area (Å²) in [4.78, 5) is 19.6. The summed E-state index contributed by atoms with van der Waals surface area (Å²) in [6, 6.07) is 13.8. The van der Waals surface area contributed by atoms with Crippen LogP contribution in [0.1, 0.15) is 16.1 Å². The molecular weight excluding hydrogens is 381 g/mol. The molecule has 6 nitrogen and oxygen atoms in total. The molecule has 0 fully saturated rings. The average Bonchev–Trinajstić information content (AvgIpc) is 3.36. The fourth-order valence-electron chi connectivity index (χ4n) is 3.30. The average molecular weight is 405 g/mol. The molecule has 0 radical (unpaired) electrons. The second-order valence-corrected chi connectivity index (χ2v) is 7.49. The van der Waals surface area contributed by atoms with Gasteiger partial charge >= 0.3 is 0 Å². The summed E-state index contributed by atoms with van der Waals surface area (Å²) in [6.45, 7) is 2.12. The number of hydrogen-bond donors (Lipinski definition) is 1. The van der Waals surface area contributed by atoms with Crippen LogP contribution in [-0.2, 0) is 13.1 Å². The van der Waals surface area contributed by atoms with E-state index in [2.05, 4.69) is 19.8 Å². The lowest BCUT2D eigenvalue weighted by atomic mass is 10.2. The van der Waals surface area contributed by atoms with E-state index in [9.17, 15) is 9.18 Å². The van der Waals surface area contributed by atoms with Gasteiger partial charge in [0.15, 0.2) is 5.69 Å². The minimum atomic E-state index is -0.299. The molecule has 0 aliphatic rings. The molecule has 0 saturated carbocycles. The molecule has 0 saturated heterocycles. The Bertz CT molecular complexity index is 1160. The van der Waals surface area contributed by atoms with Crippen LogP contribution in [0.5, 0.6) is 0 Å². The Labute approximate surface area is 174 Å². The van der Waals surface area contributed by atoms with E-state index in [1.54, 1.807) is 12.1 Å². The fourth-order valence-corrected chi connectivity index (χ4v) is 3.30. The van der Waals surface area contributed by atoms with Gasteiger partial charge in [-0.15, -0.1) is 0 Å². The Morgan fingerprint density at radius 3 is 2.67 bits per heavy atom. The van der Waals surface area contributed by atoms with Crippen LogP contribution in [0.25, 0.3) is 16.9 Å². The van der Waals surface area contributed by atoms with Crippen molar-refractivity contribution in [2.45, 2.75) is 13.1 Å². The Morgan fingerprint density at radius 2 is 1.90 bits per heavy atom. The Balaban J connectivity index is 1.59. The Hall–Kier alpha value is -3.45. The number of benzene rings is 1. The molecule has 1 aromatic carbocycles. The van der Waals surface area contributed by atoms with Gasteiger partial charge in [0.2, 0.25) is 0 Å². The maximum absolute atomic E-state index is 13.1. The molecule has 0 aliphatic heterocycles. The number of halogens is 1. The molecule has 3 aromatic heterocycles. The number of carbonyl (C=O) groups is 1. The second-order valence-electron chi connectivity index (χ2n) is 7.49. The molecule has 0 atom stereocenters. The van der Waals surface area contributed by atoms with Crippen LogP contribution in [0.4, 0.5) is 4.39 Å². The monoisotopic (exact) mass is 405 g/mol. The highest BCUT2D eigenvalue weighted by Crippen LogP contribution is 2.23. The first kappa shape index (κ1) is 19.8. The van der Waals surface area contributed by atoms with Gasteiger partial charge in [-0.3, -0.25) is 9.20 Å². The summed E-state index contributed by atoms with van der Waals surface area (Å²) < 4.78 is 17.1. The highest BCUT2D eigenvalue weighted by molar-refractivity contribution is 6.00. The first-order chi connectivity index (χ1) is 14.5. The van der Waals surface area contributed by atoms with Crippen molar-refractivity contribution in [2.75, 3.05) is 20.6 Å². The van der Waals surface area contributed by atoms with Gasteiger partial charge in [0, 0.05) is 43.8 Å². The molecule has 0 unspecified atom stereocenters. The van der Waals surface area contributed by atoms with Crippen LogP contribution in [0.3, 0.4) is 0 Å². The van der Waals surface area contributed by atoms with Gasteiger partial charge < -0.3 is 14.8 Å². The van der Waals surface area contributed by atoms with Crippen molar-refractivity contribution in [1.82, 2.24) is 24.2 Å². The first-order valence-electron chi connectivity index (χ1n) is 9.82. The zero-order chi connectivity index (χ0) is 21.1. The number of aromatic nitrogens is 3. The number of amides is 1. The van der Waals surface area contributed by atoms with Crippen molar-refractivity contribution in [1.29, 1.82) is 0 Å². The van der Waals surface area contributed by atoms with Crippen LogP contribution in [0, 0.1) is 5.82 Å². The lowest BCUT2D eigenvalue weighted by Gasteiger charge is -2.09. The number of pyridine rings is 1. The van der Waals surface area contributed by atoms with Gasteiger partial charge in [0.25, 0.3) is 5.91 Å². The van der Waals surface area contributed by atoms with Crippen molar-refractivity contribution < 1.29 is 9.18 Å². The number of rotatable bonds is 7. The summed E-state index contributed by atoms with van der Waals surface area (Å²) in [5.41, 5.74) is 2.89. The molecule has 0 aliphatic carbocycles. The standard InChI is InChI=1S/C23H24FN5O/c1-27(2)13-14-28-12-10-18(16-28)22-26-21(20-5-3-4-11-29(20)22)23(30)25-15-17-6-8-19(24)9-7-17/h3-12,16H,13-15H2,1-2H3,(H,25,30). The van der Waals surface area contributed by atoms with Crippen molar-refractivity contribution in [3.8, 4) is 11.4 Å². The largest absolute Gasteiger partial charge is 0.352 e. The lowest BCUT2D eigenvalue weighted by molar-refractivity contribution is 0.0948. The maximum atomic E-state index is 13.1. The summed E-state index contributed by atoms with van der Waals surface area (Å²) in [6.07, 6.45) is 5.98. The van der Waals surface area contributed by atoms with E-state index in [4.69, 9.17) is 0 Å². The molecular formula is C23H24FN5O. The van der Waals surface area contributed by atoms with E-state index in [1.807, 2.05) is 61.4 Å². The number of carbonyl (C=O) groups excluding carboxylic acids is 1. The third-order valence-corrected chi connectivity index (χ3v) is 4.94. The minimum absolute atomic E-state index is 0.263. The van der Waals surface area contributed by atoms with E-state index in [-0.39, 0.29) is 11.7 Å². The third kappa shape index (κ3) is 4.26. The van der Waals surface area contributed by atoms with E-state index in [0.29, 0.717) is 12.2 Å². The number of nitrogens with zero attached hydrogens (tertiary/aromatic N) is 4. The van der Waals surface area contributed by atoms with E-state index < -0.39 is 0 Å².